The summed E-state index contributed by atoms with van der Waals surface area (Å²) in [5.74, 6) is 2.54. The van der Waals surface area contributed by atoms with E-state index in [1.54, 1.807) is 13.3 Å². The summed E-state index contributed by atoms with van der Waals surface area (Å²) in [4.78, 5) is 32.5. The van der Waals surface area contributed by atoms with Crippen LogP contribution in [0.2, 0.25) is 0 Å². The number of benzene rings is 1. The molecule has 1 fully saturated rings. The average Bonchev–Trinajstić information content (AvgIpc) is 3.29. The predicted octanol–water partition coefficient (Wildman–Crippen LogP) is 1.64. The molecule has 12 nitrogen and oxygen atoms in total. The van der Waals surface area contributed by atoms with Crippen LogP contribution in [0.1, 0.15) is 5.56 Å². The van der Waals surface area contributed by atoms with Crippen LogP contribution in [0.3, 0.4) is 0 Å². The smallest absolute Gasteiger partial charge is 0.290 e. The van der Waals surface area contributed by atoms with Crippen LogP contribution >= 0.6 is 0 Å². The number of likely N-dealkylation sites (N-methyl/N-ethyl adjacent to an activating group) is 1. The van der Waals surface area contributed by atoms with Gasteiger partial charge in [-0.05, 0) is 32.2 Å². The summed E-state index contributed by atoms with van der Waals surface area (Å²) >= 11 is 0. The summed E-state index contributed by atoms with van der Waals surface area (Å²) in [6, 6.07) is 5.90. The molecule has 2 aromatic heterocycles. The van der Waals surface area contributed by atoms with Gasteiger partial charge in [-0.2, -0.15) is 0 Å². The number of carbonyl (C=O) groups is 2. The molecule has 12 heteroatoms. The van der Waals surface area contributed by atoms with Gasteiger partial charge >= 0.3 is 0 Å². The molecule has 1 aromatic carbocycles. The second-order valence-corrected chi connectivity index (χ2v) is 7.55. The third-order valence-electron chi connectivity index (χ3n) is 5.17. The van der Waals surface area contributed by atoms with E-state index >= 15 is 0 Å². The van der Waals surface area contributed by atoms with Gasteiger partial charge in [0.2, 0.25) is 0 Å². The maximum Gasteiger partial charge on any atom is 0.290 e. The minimum atomic E-state index is -0.250. The number of ether oxygens (including phenoxy) is 2. The van der Waals surface area contributed by atoms with Crippen molar-refractivity contribution in [3.63, 3.8) is 0 Å². The molecular weight excluding hydrogens is 456 g/mol. The van der Waals surface area contributed by atoms with Crippen molar-refractivity contribution in [2.75, 3.05) is 39.6 Å². The van der Waals surface area contributed by atoms with Crippen molar-refractivity contribution in [3.8, 4) is 28.5 Å². The topological polar surface area (TPSA) is 166 Å². The molecule has 1 unspecified atom stereocenters. The first-order valence-corrected chi connectivity index (χ1v) is 10.6. The first kappa shape index (κ1) is 27.2. The number of nitrogen functional groups attached to an aromatic ring is 1. The number of nitrogens with zero attached hydrogens (tertiary/aromatic N) is 5. The Morgan fingerprint density at radius 3 is 2.60 bits per heavy atom. The Kier molecular flexibility index (Phi) is 10.6. The molecule has 3 heterocycles. The Morgan fingerprint density at radius 1 is 1.26 bits per heavy atom. The van der Waals surface area contributed by atoms with Crippen molar-refractivity contribution >= 4 is 18.8 Å². The number of rotatable bonds is 5. The molecule has 1 aliphatic heterocycles. The average molecular weight is 487 g/mol. The van der Waals surface area contributed by atoms with Crippen LogP contribution in [0.15, 0.2) is 36.8 Å². The number of hydrogen-bond donors (Lipinski definition) is 3. The van der Waals surface area contributed by atoms with E-state index in [0.29, 0.717) is 17.4 Å². The van der Waals surface area contributed by atoms with Gasteiger partial charge in [0.1, 0.15) is 17.4 Å². The second-order valence-electron chi connectivity index (χ2n) is 7.55. The first-order chi connectivity index (χ1) is 16.9. The van der Waals surface area contributed by atoms with Crippen LogP contribution < -0.4 is 10.5 Å². The largest absolute Gasteiger partial charge is 0.496 e. The Bertz CT molecular complexity index is 1100. The molecule has 0 amide bonds. The van der Waals surface area contributed by atoms with E-state index in [0.717, 1.165) is 48.8 Å². The molecule has 0 bridgehead atoms. The molecule has 1 saturated heterocycles. The molecule has 1 atom stereocenters. The van der Waals surface area contributed by atoms with Gasteiger partial charge in [0, 0.05) is 42.8 Å². The highest BCUT2D eigenvalue weighted by molar-refractivity contribution is 5.72. The lowest BCUT2D eigenvalue weighted by atomic mass is 10.1. The van der Waals surface area contributed by atoms with Gasteiger partial charge in [0.25, 0.3) is 12.9 Å². The fourth-order valence-corrected chi connectivity index (χ4v) is 3.52. The number of morpholine rings is 1. The number of imidazole rings is 1. The summed E-state index contributed by atoms with van der Waals surface area (Å²) in [5.41, 5.74) is 8.57. The molecule has 1 aliphatic rings. The molecule has 4 N–H and O–H groups in total. The van der Waals surface area contributed by atoms with E-state index in [-0.39, 0.29) is 19.0 Å². The molecular formula is C23H30N6O6. The summed E-state index contributed by atoms with van der Waals surface area (Å²) < 4.78 is 13.6. The Hall–Kier alpha value is -4.03. The van der Waals surface area contributed by atoms with Gasteiger partial charge in [-0.25, -0.2) is 15.0 Å². The maximum atomic E-state index is 8.36. The zero-order valence-corrected chi connectivity index (χ0v) is 19.9. The Balaban J connectivity index is 0.000000655. The summed E-state index contributed by atoms with van der Waals surface area (Å²) in [5, 5.41) is 13.8. The number of aryl methyl sites for hydroxylation is 1. The van der Waals surface area contributed by atoms with Gasteiger partial charge in [-0.15, -0.1) is 0 Å². The Labute approximate surface area is 203 Å². The Morgan fingerprint density at radius 2 is 1.97 bits per heavy atom. The number of nitrogens with two attached hydrogens (primary N) is 1. The van der Waals surface area contributed by atoms with Gasteiger partial charge in [-0.3, -0.25) is 9.59 Å². The third-order valence-corrected chi connectivity index (χ3v) is 5.17. The van der Waals surface area contributed by atoms with Gasteiger partial charge in [0.15, 0.2) is 5.82 Å². The summed E-state index contributed by atoms with van der Waals surface area (Å²) in [6.07, 6.45) is 5.66. The quantitative estimate of drug-likeness (QED) is 0.449. The lowest BCUT2D eigenvalue weighted by Crippen LogP contribution is -2.41. The van der Waals surface area contributed by atoms with Crippen molar-refractivity contribution in [1.82, 2.24) is 24.4 Å². The summed E-state index contributed by atoms with van der Waals surface area (Å²) in [7, 11) is 3.75. The molecule has 35 heavy (non-hydrogen) atoms. The molecule has 0 radical (unpaired) electrons. The monoisotopic (exact) mass is 486 g/mol. The normalized spacial score (nSPS) is 15.1. The van der Waals surface area contributed by atoms with Gasteiger partial charge < -0.3 is 34.9 Å². The van der Waals surface area contributed by atoms with E-state index in [1.165, 1.54) is 0 Å². The van der Waals surface area contributed by atoms with Crippen LogP contribution in [0.5, 0.6) is 5.75 Å². The number of hydrogen-bond acceptors (Lipinski definition) is 9. The zero-order chi connectivity index (χ0) is 25.8. The lowest BCUT2D eigenvalue weighted by Gasteiger charge is -2.30. The number of aromatic nitrogens is 4. The van der Waals surface area contributed by atoms with Gasteiger partial charge in [0.05, 0.1) is 31.9 Å². The van der Waals surface area contributed by atoms with E-state index in [9.17, 15) is 0 Å². The second kappa shape index (κ2) is 13.6. The first-order valence-electron chi connectivity index (χ1n) is 10.6. The van der Waals surface area contributed by atoms with Crippen LogP contribution in [-0.4, -0.2) is 87.5 Å². The molecule has 0 aliphatic carbocycles. The fourth-order valence-electron chi connectivity index (χ4n) is 3.52. The van der Waals surface area contributed by atoms with Crippen LogP contribution in [-0.2, 0) is 20.9 Å². The maximum absolute atomic E-state index is 8.36. The molecule has 0 saturated carbocycles. The molecule has 0 spiro atoms. The van der Waals surface area contributed by atoms with Crippen molar-refractivity contribution in [3.05, 3.63) is 42.4 Å². The van der Waals surface area contributed by atoms with Gasteiger partial charge in [-0.1, -0.05) is 0 Å². The fraction of sp³-hybridized carbons (Fsp3) is 0.348. The zero-order valence-electron chi connectivity index (χ0n) is 19.9. The van der Waals surface area contributed by atoms with Crippen LogP contribution in [0.4, 0.5) is 5.82 Å². The SMILES string of the molecule is COc1ccc(-c2nccn2CC2CN(C)CCO2)cc1-c1ncc(C)c(N)n1.O=CO.O=CO. The number of carboxylic acid groups (broad SMARTS) is 2. The molecule has 3 aromatic rings. The number of methoxy groups -OCH3 is 1. The highest BCUT2D eigenvalue weighted by Crippen LogP contribution is 2.32. The van der Waals surface area contributed by atoms with Crippen molar-refractivity contribution in [1.29, 1.82) is 0 Å². The third kappa shape index (κ3) is 7.48. The van der Waals surface area contributed by atoms with E-state index in [4.69, 9.17) is 35.0 Å². The highest BCUT2D eigenvalue weighted by atomic mass is 16.5. The highest BCUT2D eigenvalue weighted by Gasteiger charge is 2.20. The van der Waals surface area contributed by atoms with Crippen molar-refractivity contribution in [2.24, 2.45) is 0 Å². The molecule has 4 rings (SSSR count). The standard InChI is InChI=1S/C21H26N6O2.2CH2O2/c1-14-11-24-20(25-19(14)22)17-10-15(4-5-18(17)28-3)21-23-6-7-27(21)13-16-12-26(2)8-9-29-16;2*2-1-3/h4-7,10-11,16H,8-9,12-13H2,1-3H3,(H2,22,24,25);2*1H,(H,2,3). The number of anilines is 1. The van der Waals surface area contributed by atoms with E-state index in [1.807, 2.05) is 37.5 Å². The van der Waals surface area contributed by atoms with Crippen molar-refractivity contribution < 1.29 is 29.3 Å². The molecule has 188 valence electrons. The van der Waals surface area contributed by atoms with E-state index < -0.39 is 0 Å². The van der Waals surface area contributed by atoms with E-state index in [2.05, 4.69) is 31.5 Å². The minimum absolute atomic E-state index is 0.139. The van der Waals surface area contributed by atoms with Crippen LogP contribution in [0.25, 0.3) is 22.8 Å². The lowest BCUT2D eigenvalue weighted by molar-refractivity contribution is -0.123. The summed E-state index contributed by atoms with van der Waals surface area (Å²) in [6.45, 7) is 4.75. The van der Waals surface area contributed by atoms with Crippen LogP contribution in [0, 0.1) is 6.92 Å². The predicted molar refractivity (Wildman–Crippen MR) is 129 cm³/mol. The minimum Gasteiger partial charge on any atom is -0.496 e. The van der Waals surface area contributed by atoms with Crippen molar-refractivity contribution in [2.45, 2.75) is 19.6 Å².